The van der Waals surface area contributed by atoms with Gasteiger partial charge in [0.1, 0.15) is 0 Å². The molecule has 0 amide bonds. The predicted molar refractivity (Wildman–Crippen MR) is 124 cm³/mol. The van der Waals surface area contributed by atoms with Crippen LogP contribution in [0.3, 0.4) is 0 Å². The number of hydrogen-bond donors (Lipinski definition) is 1. The first-order chi connectivity index (χ1) is 13.8. The van der Waals surface area contributed by atoms with Crippen molar-refractivity contribution in [2.24, 2.45) is 0 Å². The maximum atomic E-state index is 11.5. The molecule has 0 aliphatic rings. The number of aryl methyl sites for hydroxylation is 1. The number of benzene rings is 2. The van der Waals surface area contributed by atoms with E-state index in [9.17, 15) is 8.42 Å². The highest BCUT2D eigenvalue weighted by Gasteiger charge is 2.21. The summed E-state index contributed by atoms with van der Waals surface area (Å²) in [5, 5.41) is 1.85. The summed E-state index contributed by atoms with van der Waals surface area (Å²) in [6, 6.07) is 12.2. The highest BCUT2D eigenvalue weighted by molar-refractivity contribution is 7.98. The molecule has 0 fully saturated rings. The van der Waals surface area contributed by atoms with Gasteiger partial charge in [-0.15, -0.1) is 0 Å². The van der Waals surface area contributed by atoms with Gasteiger partial charge in [0.15, 0.2) is 0 Å². The van der Waals surface area contributed by atoms with Gasteiger partial charge in [0.25, 0.3) is 10.1 Å². The Labute approximate surface area is 182 Å². The number of fused-ring (bicyclic) bond motifs is 1. The molecule has 7 heteroatoms. The van der Waals surface area contributed by atoms with Crippen LogP contribution in [0.4, 0.5) is 0 Å². The van der Waals surface area contributed by atoms with Gasteiger partial charge in [0.05, 0.1) is 12.9 Å². The molecule has 0 aliphatic heterocycles. The van der Waals surface area contributed by atoms with E-state index in [0.717, 1.165) is 45.4 Å². The van der Waals surface area contributed by atoms with Crippen LogP contribution in [0.15, 0.2) is 42.6 Å². The van der Waals surface area contributed by atoms with Crippen LogP contribution < -0.4 is 0 Å². The van der Waals surface area contributed by atoms with Crippen LogP contribution >= 0.6 is 23.4 Å². The van der Waals surface area contributed by atoms with Crippen molar-refractivity contribution in [3.63, 3.8) is 0 Å². The Morgan fingerprint density at radius 3 is 2.69 bits per heavy atom. The maximum Gasteiger partial charge on any atom is 0.264 e. The molecule has 1 aromatic heterocycles. The molecule has 4 nitrogen and oxygen atoms in total. The number of aromatic nitrogens is 1. The lowest BCUT2D eigenvalue weighted by atomic mass is 9.86. The van der Waals surface area contributed by atoms with Gasteiger partial charge in [-0.3, -0.25) is 4.18 Å². The van der Waals surface area contributed by atoms with Gasteiger partial charge in [-0.05, 0) is 53.5 Å². The molecule has 29 heavy (non-hydrogen) atoms. The van der Waals surface area contributed by atoms with Gasteiger partial charge in [-0.1, -0.05) is 42.8 Å². The fourth-order valence-corrected chi connectivity index (χ4v) is 4.98. The maximum absolute atomic E-state index is 11.5. The number of para-hydroxylation sites is 1. The van der Waals surface area contributed by atoms with Crippen molar-refractivity contribution in [2.45, 2.75) is 31.9 Å². The molecule has 0 bridgehead atoms. The van der Waals surface area contributed by atoms with Crippen molar-refractivity contribution in [1.82, 2.24) is 4.98 Å². The normalized spacial score (nSPS) is 13.1. The summed E-state index contributed by atoms with van der Waals surface area (Å²) in [4.78, 5) is 3.45. The Kier molecular flexibility index (Phi) is 7.32. The number of aromatic amines is 1. The lowest BCUT2D eigenvalue weighted by Crippen LogP contribution is -2.10. The molecule has 0 radical (unpaired) electrons. The minimum Gasteiger partial charge on any atom is -0.361 e. The Bertz CT molecular complexity index is 1090. The highest BCUT2D eigenvalue weighted by Crippen LogP contribution is 2.37. The van der Waals surface area contributed by atoms with Gasteiger partial charge in [0, 0.05) is 33.8 Å². The second-order valence-electron chi connectivity index (χ2n) is 7.09. The Hall–Kier alpha value is -1.47. The van der Waals surface area contributed by atoms with Crippen molar-refractivity contribution in [3.8, 4) is 0 Å². The third-order valence-electron chi connectivity index (χ3n) is 4.98. The molecule has 1 N–H and O–H groups in total. The van der Waals surface area contributed by atoms with Gasteiger partial charge in [-0.25, -0.2) is 0 Å². The molecule has 0 spiro atoms. The van der Waals surface area contributed by atoms with Crippen molar-refractivity contribution >= 4 is 44.4 Å². The quantitative estimate of drug-likeness (QED) is 0.412. The monoisotopic (exact) mass is 451 g/mol. The lowest BCUT2D eigenvalue weighted by Gasteiger charge is -2.20. The van der Waals surface area contributed by atoms with E-state index in [-0.39, 0.29) is 12.5 Å². The largest absolute Gasteiger partial charge is 0.361 e. The molecule has 2 aromatic carbocycles. The zero-order valence-electron chi connectivity index (χ0n) is 16.9. The zero-order chi connectivity index (χ0) is 21.0. The molecule has 1 unspecified atom stereocenters. The second-order valence-corrected chi connectivity index (χ2v) is 10.4. The third-order valence-corrected chi connectivity index (χ3v) is 6.74. The number of H-pyrrole nitrogens is 1. The molecule has 3 aromatic rings. The SMILES string of the molecule is CCSCc1cccc2c(C(CCOS(C)(=O)=O)c3ccc(Cl)cc3C)c[nH]c12. The number of hydrogen-bond acceptors (Lipinski definition) is 4. The molecule has 1 heterocycles. The van der Waals surface area contributed by atoms with Gasteiger partial charge < -0.3 is 4.98 Å². The Morgan fingerprint density at radius 1 is 1.21 bits per heavy atom. The smallest absolute Gasteiger partial charge is 0.264 e. The molecule has 0 saturated heterocycles. The van der Waals surface area contributed by atoms with Crippen LogP contribution in [0.25, 0.3) is 10.9 Å². The van der Waals surface area contributed by atoms with Gasteiger partial charge >= 0.3 is 0 Å². The first kappa shape index (κ1) is 22.2. The Balaban J connectivity index is 2.03. The predicted octanol–water partition coefficient (Wildman–Crippen LogP) is 5.88. The van der Waals surface area contributed by atoms with Crippen LogP contribution in [0.5, 0.6) is 0 Å². The minimum atomic E-state index is -3.48. The van der Waals surface area contributed by atoms with E-state index in [4.69, 9.17) is 15.8 Å². The topological polar surface area (TPSA) is 59.2 Å². The fourth-order valence-electron chi connectivity index (χ4n) is 3.69. The van der Waals surface area contributed by atoms with Crippen LogP contribution in [-0.4, -0.2) is 32.0 Å². The van der Waals surface area contributed by atoms with E-state index in [2.05, 4.69) is 30.1 Å². The van der Waals surface area contributed by atoms with Crippen LogP contribution in [0.1, 0.15) is 41.5 Å². The average Bonchev–Trinajstić information content (AvgIpc) is 3.08. The summed E-state index contributed by atoms with van der Waals surface area (Å²) in [6.45, 7) is 4.32. The minimum absolute atomic E-state index is 0.00292. The first-order valence-corrected chi connectivity index (χ1v) is 12.9. The lowest BCUT2D eigenvalue weighted by molar-refractivity contribution is 0.309. The fraction of sp³-hybridized carbons (Fsp3) is 0.364. The van der Waals surface area contributed by atoms with E-state index < -0.39 is 10.1 Å². The zero-order valence-corrected chi connectivity index (χ0v) is 19.3. The molecule has 3 rings (SSSR count). The van der Waals surface area contributed by atoms with E-state index in [0.29, 0.717) is 11.4 Å². The van der Waals surface area contributed by atoms with E-state index in [1.54, 1.807) is 0 Å². The standard InChI is InChI=1S/C22H26ClNO3S2/c1-4-28-14-16-6-5-7-20-21(13-24-22(16)20)19(10-11-27-29(3,25)26)18-9-8-17(23)12-15(18)2/h5-9,12-13,19,24H,4,10-11,14H2,1-3H3. The van der Waals surface area contributed by atoms with Crippen molar-refractivity contribution in [3.05, 3.63) is 69.9 Å². The summed E-state index contributed by atoms with van der Waals surface area (Å²) in [6.07, 6.45) is 3.68. The first-order valence-electron chi connectivity index (χ1n) is 9.57. The summed E-state index contributed by atoms with van der Waals surface area (Å²) < 4.78 is 28.0. The van der Waals surface area contributed by atoms with E-state index in [1.165, 1.54) is 5.56 Å². The average molecular weight is 452 g/mol. The van der Waals surface area contributed by atoms with Crippen molar-refractivity contribution in [1.29, 1.82) is 0 Å². The Morgan fingerprint density at radius 2 is 2.00 bits per heavy atom. The summed E-state index contributed by atoms with van der Waals surface area (Å²) in [7, 11) is -3.48. The molecular formula is C22H26ClNO3S2. The van der Waals surface area contributed by atoms with Crippen molar-refractivity contribution in [2.75, 3.05) is 18.6 Å². The molecular weight excluding hydrogens is 426 g/mol. The van der Waals surface area contributed by atoms with Crippen LogP contribution in [-0.2, 0) is 20.1 Å². The molecule has 1 atom stereocenters. The molecule has 0 saturated carbocycles. The number of nitrogens with one attached hydrogen (secondary N) is 1. The van der Waals surface area contributed by atoms with Gasteiger partial charge in [0.2, 0.25) is 0 Å². The summed E-state index contributed by atoms with van der Waals surface area (Å²) in [5.41, 5.74) is 5.77. The van der Waals surface area contributed by atoms with E-state index in [1.807, 2.05) is 43.1 Å². The van der Waals surface area contributed by atoms with Crippen molar-refractivity contribution < 1.29 is 12.6 Å². The number of rotatable bonds is 9. The third kappa shape index (κ3) is 5.57. The van der Waals surface area contributed by atoms with E-state index >= 15 is 0 Å². The van der Waals surface area contributed by atoms with Gasteiger partial charge in [-0.2, -0.15) is 20.2 Å². The second kappa shape index (κ2) is 9.56. The number of thioether (sulfide) groups is 1. The number of halogens is 1. The highest BCUT2D eigenvalue weighted by atomic mass is 35.5. The molecule has 0 aliphatic carbocycles. The van der Waals surface area contributed by atoms with Crippen LogP contribution in [0, 0.1) is 6.92 Å². The molecule has 156 valence electrons. The van der Waals surface area contributed by atoms with Crippen LogP contribution in [0.2, 0.25) is 5.02 Å². The summed E-state index contributed by atoms with van der Waals surface area (Å²) in [5.74, 6) is 2.02. The summed E-state index contributed by atoms with van der Waals surface area (Å²) >= 11 is 8.05.